The third kappa shape index (κ3) is 5.54. The molecule has 0 radical (unpaired) electrons. The van der Waals surface area contributed by atoms with E-state index in [0.29, 0.717) is 55.4 Å². The van der Waals surface area contributed by atoms with Crippen LogP contribution in [0.4, 0.5) is 0 Å². The van der Waals surface area contributed by atoms with Crippen LogP contribution in [-0.2, 0) is 14.3 Å². The van der Waals surface area contributed by atoms with Gasteiger partial charge in [-0.1, -0.05) is 19.1 Å². The van der Waals surface area contributed by atoms with Crippen molar-refractivity contribution in [2.24, 2.45) is 0 Å². The number of methoxy groups -OCH3 is 1. The fraction of sp³-hybridized carbons (Fsp3) is 0.385. The number of aliphatic hydroxyl groups is 1. The smallest absolute Gasteiger partial charge is 0.295 e. The molecular weight excluding hydrogens is 422 g/mol. The van der Waals surface area contributed by atoms with Crippen LogP contribution in [0.25, 0.3) is 5.76 Å². The Morgan fingerprint density at radius 3 is 2.42 bits per heavy atom. The lowest BCUT2D eigenvalue weighted by molar-refractivity contribution is -0.140. The minimum absolute atomic E-state index is 0.0632. The fourth-order valence-corrected chi connectivity index (χ4v) is 3.86. The van der Waals surface area contributed by atoms with Crippen molar-refractivity contribution in [2.45, 2.75) is 32.7 Å². The topological polar surface area (TPSA) is 85.3 Å². The Morgan fingerprint density at radius 2 is 1.76 bits per heavy atom. The summed E-state index contributed by atoms with van der Waals surface area (Å²) in [5, 5.41) is 11.2. The number of nitrogens with zero attached hydrogens (tertiary/aromatic N) is 1. The Kier molecular flexibility index (Phi) is 8.49. The van der Waals surface area contributed by atoms with E-state index in [1.165, 1.54) is 4.90 Å². The maximum absolute atomic E-state index is 13.1. The summed E-state index contributed by atoms with van der Waals surface area (Å²) in [4.78, 5) is 27.5. The van der Waals surface area contributed by atoms with Gasteiger partial charge in [0.15, 0.2) is 0 Å². The summed E-state index contributed by atoms with van der Waals surface area (Å²) in [6.45, 7) is 5.76. The van der Waals surface area contributed by atoms with Gasteiger partial charge in [-0.05, 0) is 61.7 Å². The third-order valence-electron chi connectivity index (χ3n) is 5.37. The monoisotopic (exact) mass is 453 g/mol. The van der Waals surface area contributed by atoms with Crippen molar-refractivity contribution in [3.05, 3.63) is 65.2 Å². The summed E-state index contributed by atoms with van der Waals surface area (Å²) >= 11 is 0. The molecule has 7 heteroatoms. The first-order chi connectivity index (χ1) is 16.0. The lowest BCUT2D eigenvalue weighted by Gasteiger charge is -2.25. The first-order valence-electron chi connectivity index (χ1n) is 11.2. The Balaban J connectivity index is 2.05. The van der Waals surface area contributed by atoms with Crippen LogP contribution in [0.1, 0.15) is 43.9 Å². The Bertz CT molecular complexity index is 998. The van der Waals surface area contributed by atoms with Crippen LogP contribution in [0, 0.1) is 0 Å². The van der Waals surface area contributed by atoms with Crippen molar-refractivity contribution in [3.63, 3.8) is 0 Å². The molecule has 1 atom stereocenters. The number of benzene rings is 2. The zero-order chi connectivity index (χ0) is 23.8. The van der Waals surface area contributed by atoms with Gasteiger partial charge >= 0.3 is 0 Å². The number of likely N-dealkylation sites (tertiary alicyclic amines) is 1. The standard InChI is InChI=1S/C26H31NO6/c1-4-15-33-20-12-10-18(11-13-20)24(28)22-23(19-8-6-9-21(17-19)32-5-2)27(14-7-16-31-3)26(30)25(22)29/h6,8-13,17,23,28H,4-5,7,14-16H2,1-3H3/b24-22-. The lowest BCUT2D eigenvalue weighted by Crippen LogP contribution is -2.31. The van der Waals surface area contributed by atoms with Crippen molar-refractivity contribution in [3.8, 4) is 11.5 Å². The number of carbonyl (C=O) groups is 2. The molecule has 0 saturated carbocycles. The zero-order valence-electron chi connectivity index (χ0n) is 19.4. The number of hydrogen-bond donors (Lipinski definition) is 1. The molecular formula is C26H31NO6. The lowest BCUT2D eigenvalue weighted by atomic mass is 9.95. The van der Waals surface area contributed by atoms with Crippen LogP contribution in [0.2, 0.25) is 0 Å². The van der Waals surface area contributed by atoms with Crippen molar-refractivity contribution < 1.29 is 28.9 Å². The quantitative estimate of drug-likeness (QED) is 0.236. The number of hydrogen-bond acceptors (Lipinski definition) is 6. The van der Waals surface area contributed by atoms with E-state index < -0.39 is 17.7 Å². The minimum Gasteiger partial charge on any atom is -0.507 e. The first kappa shape index (κ1) is 24.3. The molecule has 33 heavy (non-hydrogen) atoms. The summed E-state index contributed by atoms with van der Waals surface area (Å²) in [5.41, 5.74) is 1.20. The number of ether oxygens (including phenoxy) is 3. The number of rotatable bonds is 11. The molecule has 1 fully saturated rings. The van der Waals surface area contributed by atoms with Gasteiger partial charge < -0.3 is 24.2 Å². The molecule has 0 aliphatic carbocycles. The molecule has 0 bridgehead atoms. The van der Waals surface area contributed by atoms with Gasteiger partial charge in [0.05, 0.1) is 24.8 Å². The van der Waals surface area contributed by atoms with Crippen LogP contribution in [0.5, 0.6) is 11.5 Å². The van der Waals surface area contributed by atoms with Gasteiger partial charge in [-0.3, -0.25) is 9.59 Å². The molecule has 0 spiro atoms. The molecule has 176 valence electrons. The second kappa shape index (κ2) is 11.5. The molecule has 1 heterocycles. The highest BCUT2D eigenvalue weighted by atomic mass is 16.5. The highest BCUT2D eigenvalue weighted by molar-refractivity contribution is 6.46. The molecule has 1 aliphatic heterocycles. The summed E-state index contributed by atoms with van der Waals surface area (Å²) in [5.74, 6) is -0.244. The van der Waals surface area contributed by atoms with E-state index in [0.717, 1.165) is 6.42 Å². The fourth-order valence-electron chi connectivity index (χ4n) is 3.86. The van der Waals surface area contributed by atoms with Crippen LogP contribution in [0.3, 0.4) is 0 Å². The maximum Gasteiger partial charge on any atom is 0.295 e. The van der Waals surface area contributed by atoms with Gasteiger partial charge in [0.1, 0.15) is 17.3 Å². The molecule has 1 amide bonds. The van der Waals surface area contributed by atoms with E-state index >= 15 is 0 Å². The summed E-state index contributed by atoms with van der Waals surface area (Å²) < 4.78 is 16.3. The van der Waals surface area contributed by atoms with E-state index in [9.17, 15) is 14.7 Å². The molecule has 2 aromatic rings. The van der Waals surface area contributed by atoms with Gasteiger partial charge in [-0.25, -0.2) is 0 Å². The number of ketones is 1. The van der Waals surface area contributed by atoms with Gasteiger partial charge in [-0.15, -0.1) is 0 Å². The van der Waals surface area contributed by atoms with Crippen LogP contribution in [-0.4, -0.2) is 55.2 Å². The second-order valence-corrected chi connectivity index (χ2v) is 7.72. The normalized spacial score (nSPS) is 17.4. The summed E-state index contributed by atoms with van der Waals surface area (Å²) in [6.07, 6.45) is 1.45. The van der Waals surface area contributed by atoms with E-state index in [2.05, 4.69) is 0 Å². The average Bonchev–Trinajstić information content (AvgIpc) is 3.08. The SMILES string of the molecule is CCCOc1ccc(/C(O)=C2/C(=O)C(=O)N(CCCOC)C2c2cccc(OCC)c2)cc1. The van der Waals surface area contributed by atoms with Gasteiger partial charge in [0.2, 0.25) is 0 Å². The van der Waals surface area contributed by atoms with Crippen LogP contribution in [0.15, 0.2) is 54.1 Å². The number of Topliss-reactive ketones (excluding diaryl/α,β-unsaturated/α-hetero) is 1. The molecule has 7 nitrogen and oxygen atoms in total. The Hall–Kier alpha value is -3.32. The van der Waals surface area contributed by atoms with Crippen molar-refractivity contribution >= 4 is 17.4 Å². The summed E-state index contributed by atoms with van der Waals surface area (Å²) in [7, 11) is 1.59. The zero-order valence-corrected chi connectivity index (χ0v) is 19.4. The Morgan fingerprint density at radius 1 is 1.00 bits per heavy atom. The van der Waals surface area contributed by atoms with E-state index in [1.807, 2.05) is 32.0 Å². The number of amides is 1. The van der Waals surface area contributed by atoms with Gasteiger partial charge in [0.25, 0.3) is 11.7 Å². The van der Waals surface area contributed by atoms with Crippen molar-refractivity contribution in [1.29, 1.82) is 0 Å². The third-order valence-corrected chi connectivity index (χ3v) is 5.37. The average molecular weight is 454 g/mol. The van der Waals surface area contributed by atoms with Crippen LogP contribution < -0.4 is 9.47 Å². The van der Waals surface area contributed by atoms with E-state index in [-0.39, 0.29) is 11.3 Å². The van der Waals surface area contributed by atoms with E-state index in [4.69, 9.17) is 14.2 Å². The largest absolute Gasteiger partial charge is 0.507 e. The predicted octanol–water partition coefficient (Wildman–Crippen LogP) is 4.33. The minimum atomic E-state index is -0.724. The molecule has 1 saturated heterocycles. The highest BCUT2D eigenvalue weighted by Gasteiger charge is 2.45. The maximum atomic E-state index is 13.1. The number of carbonyl (C=O) groups excluding carboxylic acids is 2. The highest BCUT2D eigenvalue weighted by Crippen LogP contribution is 2.40. The number of aliphatic hydroxyl groups excluding tert-OH is 1. The molecule has 1 aliphatic rings. The first-order valence-corrected chi connectivity index (χ1v) is 11.2. The molecule has 1 unspecified atom stereocenters. The summed E-state index contributed by atoms with van der Waals surface area (Å²) in [6, 6.07) is 13.4. The predicted molar refractivity (Wildman–Crippen MR) is 125 cm³/mol. The van der Waals surface area contributed by atoms with Crippen molar-refractivity contribution in [2.75, 3.05) is 33.5 Å². The molecule has 1 N–H and O–H groups in total. The molecule has 2 aromatic carbocycles. The van der Waals surface area contributed by atoms with Gasteiger partial charge in [0, 0.05) is 25.8 Å². The molecule has 0 aromatic heterocycles. The Labute approximate surface area is 194 Å². The van der Waals surface area contributed by atoms with Crippen LogP contribution >= 0.6 is 0 Å². The van der Waals surface area contributed by atoms with E-state index in [1.54, 1.807) is 37.4 Å². The second-order valence-electron chi connectivity index (χ2n) is 7.72. The molecule has 3 rings (SSSR count). The van der Waals surface area contributed by atoms with Crippen molar-refractivity contribution in [1.82, 2.24) is 4.90 Å². The van der Waals surface area contributed by atoms with Gasteiger partial charge in [-0.2, -0.15) is 0 Å².